The Balaban J connectivity index is 3.31. The van der Waals surface area contributed by atoms with Crippen molar-refractivity contribution < 1.29 is 0 Å². The molecule has 0 aliphatic heterocycles. The summed E-state index contributed by atoms with van der Waals surface area (Å²) >= 11 is 3.44. The third-order valence-corrected chi connectivity index (χ3v) is 2.37. The minimum Gasteiger partial charge on any atom is -0.314 e. The molecule has 0 spiro atoms. The van der Waals surface area contributed by atoms with Gasteiger partial charge in [-0.15, -0.1) is 0 Å². The highest BCUT2D eigenvalue weighted by molar-refractivity contribution is 9.09. The van der Waals surface area contributed by atoms with E-state index >= 15 is 0 Å². The van der Waals surface area contributed by atoms with Crippen LogP contribution in [-0.2, 0) is 0 Å². The van der Waals surface area contributed by atoms with Crippen LogP contribution in [0.25, 0.3) is 0 Å². The van der Waals surface area contributed by atoms with Crippen molar-refractivity contribution in [3.05, 3.63) is 0 Å². The second-order valence-electron chi connectivity index (χ2n) is 4.64. The van der Waals surface area contributed by atoms with Crippen molar-refractivity contribution in [3.63, 3.8) is 0 Å². The molecule has 0 aromatic carbocycles. The van der Waals surface area contributed by atoms with Gasteiger partial charge in [-0.3, -0.25) is 0 Å². The van der Waals surface area contributed by atoms with Gasteiger partial charge in [0.1, 0.15) is 0 Å². The molecule has 0 heterocycles. The first-order valence-corrected chi connectivity index (χ1v) is 5.87. The van der Waals surface area contributed by atoms with Crippen LogP contribution in [0.1, 0.15) is 40.5 Å². The molecule has 0 aromatic heterocycles. The first-order valence-electron chi connectivity index (χ1n) is 4.75. The lowest BCUT2D eigenvalue weighted by atomic mass is 9.92. The summed E-state index contributed by atoms with van der Waals surface area (Å²) in [7, 11) is 0. The highest BCUT2D eigenvalue weighted by atomic mass is 79.9. The number of rotatable bonds is 5. The van der Waals surface area contributed by atoms with Crippen LogP contribution < -0.4 is 5.32 Å². The van der Waals surface area contributed by atoms with Crippen LogP contribution in [0.3, 0.4) is 0 Å². The average Bonchev–Trinajstić information content (AvgIpc) is 1.84. The smallest absolute Gasteiger partial charge is 0.00466 e. The fourth-order valence-electron chi connectivity index (χ4n) is 0.959. The van der Waals surface area contributed by atoms with E-state index < -0.39 is 0 Å². The summed E-state index contributed by atoms with van der Waals surface area (Å²) in [5.74, 6) is 0. The number of alkyl halides is 1. The second-order valence-corrected chi connectivity index (χ2v) is 5.44. The molecule has 0 radical (unpaired) electrons. The van der Waals surface area contributed by atoms with Gasteiger partial charge < -0.3 is 5.32 Å². The highest BCUT2D eigenvalue weighted by Gasteiger charge is 2.09. The van der Waals surface area contributed by atoms with Crippen molar-refractivity contribution in [2.75, 3.05) is 11.9 Å². The Morgan fingerprint density at radius 3 is 2.33 bits per heavy atom. The van der Waals surface area contributed by atoms with Gasteiger partial charge >= 0.3 is 0 Å². The third kappa shape index (κ3) is 8.54. The Hall–Kier alpha value is 0.440. The quantitative estimate of drug-likeness (QED) is 0.723. The summed E-state index contributed by atoms with van der Waals surface area (Å²) in [6, 6.07) is 0.645. The van der Waals surface area contributed by atoms with Gasteiger partial charge in [0.25, 0.3) is 0 Å². The summed E-state index contributed by atoms with van der Waals surface area (Å²) in [6.07, 6.45) is 2.46. The van der Waals surface area contributed by atoms with Crippen LogP contribution in [0.2, 0.25) is 0 Å². The molecule has 74 valence electrons. The highest BCUT2D eigenvalue weighted by Crippen LogP contribution is 2.17. The van der Waals surface area contributed by atoms with Crippen LogP contribution in [-0.4, -0.2) is 17.9 Å². The molecule has 0 bridgehead atoms. The predicted molar refractivity (Wildman–Crippen MR) is 59.9 cm³/mol. The van der Waals surface area contributed by atoms with Crippen LogP contribution in [0.5, 0.6) is 0 Å². The molecule has 1 unspecified atom stereocenters. The Morgan fingerprint density at radius 1 is 1.33 bits per heavy atom. The maximum absolute atomic E-state index is 3.51. The largest absolute Gasteiger partial charge is 0.314 e. The fraction of sp³-hybridized carbons (Fsp3) is 1.00. The molecule has 0 fully saturated rings. The summed E-state index contributed by atoms with van der Waals surface area (Å²) in [5.41, 5.74) is 0.459. The molecule has 0 saturated heterocycles. The standard InChI is InChI=1S/C10H22BrN/c1-9(5-7-11)12-8-6-10(2,3)4/h9,12H,5-8H2,1-4H3. The molecule has 1 nitrogen and oxygen atoms in total. The van der Waals surface area contributed by atoms with Crippen LogP contribution in [0.15, 0.2) is 0 Å². The monoisotopic (exact) mass is 235 g/mol. The minimum absolute atomic E-state index is 0.459. The molecule has 0 rings (SSSR count). The van der Waals surface area contributed by atoms with E-state index in [1.807, 2.05) is 0 Å². The van der Waals surface area contributed by atoms with Gasteiger partial charge in [0.05, 0.1) is 0 Å². The molecule has 0 aromatic rings. The van der Waals surface area contributed by atoms with E-state index in [4.69, 9.17) is 0 Å². The van der Waals surface area contributed by atoms with Gasteiger partial charge in [0.15, 0.2) is 0 Å². The van der Waals surface area contributed by atoms with Crippen molar-refractivity contribution >= 4 is 15.9 Å². The molecular weight excluding hydrogens is 214 g/mol. The van der Waals surface area contributed by atoms with Gasteiger partial charge in [-0.1, -0.05) is 36.7 Å². The first kappa shape index (κ1) is 12.4. The lowest BCUT2D eigenvalue weighted by molar-refractivity contribution is 0.356. The van der Waals surface area contributed by atoms with Gasteiger partial charge in [-0.05, 0) is 31.7 Å². The molecular formula is C10H22BrN. The van der Waals surface area contributed by atoms with E-state index in [1.165, 1.54) is 12.8 Å². The summed E-state index contributed by atoms with van der Waals surface area (Å²) in [6.45, 7) is 10.2. The summed E-state index contributed by atoms with van der Waals surface area (Å²) < 4.78 is 0. The predicted octanol–water partition coefficient (Wildman–Crippen LogP) is 3.19. The Kier molecular flexibility index (Phi) is 6.20. The van der Waals surface area contributed by atoms with Crippen molar-refractivity contribution in [2.45, 2.75) is 46.6 Å². The molecule has 1 atom stereocenters. The Bertz CT molecular complexity index is 107. The lowest BCUT2D eigenvalue weighted by Crippen LogP contribution is -2.29. The Labute approximate surface area is 85.4 Å². The van der Waals surface area contributed by atoms with Crippen LogP contribution in [0, 0.1) is 5.41 Å². The van der Waals surface area contributed by atoms with Crippen molar-refractivity contribution in [1.82, 2.24) is 5.32 Å². The van der Waals surface area contributed by atoms with Crippen molar-refractivity contribution in [1.29, 1.82) is 0 Å². The normalized spacial score (nSPS) is 14.8. The summed E-state index contributed by atoms with van der Waals surface area (Å²) in [4.78, 5) is 0. The van der Waals surface area contributed by atoms with E-state index in [-0.39, 0.29) is 0 Å². The molecule has 0 aliphatic carbocycles. The zero-order chi connectivity index (χ0) is 9.61. The molecule has 0 amide bonds. The number of halogens is 1. The zero-order valence-corrected chi connectivity index (χ0v) is 10.4. The van der Waals surface area contributed by atoms with E-state index in [9.17, 15) is 0 Å². The molecule has 12 heavy (non-hydrogen) atoms. The Morgan fingerprint density at radius 2 is 1.92 bits per heavy atom. The topological polar surface area (TPSA) is 12.0 Å². The van der Waals surface area contributed by atoms with Gasteiger partial charge in [-0.2, -0.15) is 0 Å². The molecule has 2 heteroatoms. The first-order chi connectivity index (χ1) is 5.45. The molecule has 1 N–H and O–H groups in total. The SMILES string of the molecule is CC(CCBr)NCCC(C)(C)C. The second kappa shape index (κ2) is 5.98. The van der Waals surface area contributed by atoms with Gasteiger partial charge in [0, 0.05) is 11.4 Å². The van der Waals surface area contributed by atoms with Crippen molar-refractivity contribution in [2.24, 2.45) is 5.41 Å². The van der Waals surface area contributed by atoms with Gasteiger partial charge in [0.2, 0.25) is 0 Å². The minimum atomic E-state index is 0.459. The fourth-order valence-corrected chi connectivity index (χ4v) is 1.65. The lowest BCUT2D eigenvalue weighted by Gasteiger charge is -2.20. The average molecular weight is 236 g/mol. The van der Waals surface area contributed by atoms with Crippen molar-refractivity contribution in [3.8, 4) is 0 Å². The van der Waals surface area contributed by atoms with Crippen LogP contribution >= 0.6 is 15.9 Å². The van der Waals surface area contributed by atoms with E-state index in [0.29, 0.717) is 11.5 Å². The van der Waals surface area contributed by atoms with E-state index in [0.717, 1.165) is 11.9 Å². The maximum Gasteiger partial charge on any atom is 0.00466 e. The van der Waals surface area contributed by atoms with Crippen LogP contribution in [0.4, 0.5) is 0 Å². The van der Waals surface area contributed by atoms with E-state index in [1.54, 1.807) is 0 Å². The molecule has 0 aliphatic rings. The zero-order valence-electron chi connectivity index (χ0n) is 8.78. The van der Waals surface area contributed by atoms with Gasteiger partial charge in [-0.25, -0.2) is 0 Å². The number of nitrogens with one attached hydrogen (secondary N) is 1. The molecule has 0 saturated carbocycles. The summed E-state index contributed by atoms with van der Waals surface area (Å²) in [5, 5.41) is 4.60. The maximum atomic E-state index is 3.51. The third-order valence-electron chi connectivity index (χ3n) is 1.91. The van der Waals surface area contributed by atoms with E-state index in [2.05, 4.69) is 48.9 Å². The number of hydrogen-bond donors (Lipinski definition) is 1. The number of hydrogen-bond acceptors (Lipinski definition) is 1.